The third-order valence-electron chi connectivity index (χ3n) is 4.88. The molecule has 0 spiro atoms. The number of ether oxygens (including phenoxy) is 3. The van der Waals surface area contributed by atoms with Gasteiger partial charge in [0.25, 0.3) is 5.91 Å². The van der Waals surface area contributed by atoms with E-state index in [-0.39, 0.29) is 17.2 Å². The molecule has 0 aromatic heterocycles. The molecule has 0 bridgehead atoms. The molecule has 9 heteroatoms. The van der Waals surface area contributed by atoms with Crippen LogP contribution in [0.25, 0.3) is 6.08 Å². The van der Waals surface area contributed by atoms with Crippen molar-refractivity contribution >= 4 is 57.8 Å². The van der Waals surface area contributed by atoms with Crippen molar-refractivity contribution < 1.29 is 23.8 Å². The Morgan fingerprint density at radius 1 is 1.11 bits per heavy atom. The van der Waals surface area contributed by atoms with Crippen molar-refractivity contribution in [1.29, 1.82) is 5.26 Å². The van der Waals surface area contributed by atoms with Crippen molar-refractivity contribution in [2.45, 2.75) is 13.5 Å². The van der Waals surface area contributed by atoms with Gasteiger partial charge in [0, 0.05) is 9.26 Å². The topological polar surface area (TPSA) is 97.7 Å². The average Bonchev–Trinajstić information content (AvgIpc) is 2.87. The third-order valence-corrected chi connectivity index (χ3v) is 5.88. The van der Waals surface area contributed by atoms with Crippen LogP contribution in [-0.4, -0.2) is 25.6 Å². The molecule has 0 saturated carbocycles. The van der Waals surface area contributed by atoms with Gasteiger partial charge in [0.2, 0.25) is 0 Å². The highest BCUT2D eigenvalue weighted by Gasteiger charge is 2.15. The molecular weight excluding hydrogens is 595 g/mol. The van der Waals surface area contributed by atoms with Crippen molar-refractivity contribution in [3.63, 3.8) is 0 Å². The second kappa shape index (κ2) is 13.0. The van der Waals surface area contributed by atoms with Gasteiger partial charge in [0.05, 0.1) is 24.3 Å². The van der Waals surface area contributed by atoms with Crippen LogP contribution >= 0.6 is 34.2 Å². The highest BCUT2D eigenvalue weighted by atomic mass is 127. The summed E-state index contributed by atoms with van der Waals surface area (Å²) in [4.78, 5) is 24.4. The molecule has 0 fully saturated rings. The zero-order valence-electron chi connectivity index (χ0n) is 19.5. The van der Waals surface area contributed by atoms with E-state index in [0.717, 1.165) is 9.13 Å². The fourth-order valence-corrected chi connectivity index (χ4v) is 3.75. The van der Waals surface area contributed by atoms with Crippen molar-refractivity contribution in [3.8, 4) is 17.6 Å². The van der Waals surface area contributed by atoms with Crippen LogP contribution in [0.3, 0.4) is 0 Å². The number of carbonyl (C=O) groups excluding carboxylic acids is 2. The Labute approximate surface area is 227 Å². The zero-order valence-corrected chi connectivity index (χ0v) is 22.4. The van der Waals surface area contributed by atoms with Crippen LogP contribution in [-0.2, 0) is 16.1 Å². The molecule has 0 unspecified atom stereocenters. The van der Waals surface area contributed by atoms with Crippen LogP contribution in [0, 0.1) is 14.9 Å². The lowest BCUT2D eigenvalue weighted by Gasteiger charge is -2.14. The SMILES string of the molecule is CCOC(=O)c1ccc(NC(=O)/C(C#N)=C/c2cc(Cl)c(OCc3ccc(I)cc3)c(OC)c2)cc1. The highest BCUT2D eigenvalue weighted by Crippen LogP contribution is 2.37. The van der Waals surface area contributed by atoms with Crippen molar-refractivity contribution in [2.24, 2.45) is 0 Å². The number of nitrogens with one attached hydrogen (secondary N) is 1. The first-order valence-corrected chi connectivity index (χ1v) is 12.2. The summed E-state index contributed by atoms with van der Waals surface area (Å²) in [5, 5.41) is 12.5. The summed E-state index contributed by atoms with van der Waals surface area (Å²) in [6.07, 6.45) is 1.40. The fourth-order valence-electron chi connectivity index (χ4n) is 3.12. The van der Waals surface area contributed by atoms with E-state index in [1.54, 1.807) is 31.2 Å². The number of anilines is 1. The summed E-state index contributed by atoms with van der Waals surface area (Å²) in [6, 6.07) is 19.2. The normalized spacial score (nSPS) is 10.8. The molecule has 36 heavy (non-hydrogen) atoms. The highest BCUT2D eigenvalue weighted by molar-refractivity contribution is 14.1. The summed E-state index contributed by atoms with van der Waals surface area (Å²) < 4.78 is 17.4. The van der Waals surface area contributed by atoms with Crippen LogP contribution in [0.15, 0.2) is 66.2 Å². The lowest BCUT2D eigenvalue weighted by molar-refractivity contribution is -0.112. The Morgan fingerprint density at radius 3 is 2.42 bits per heavy atom. The molecule has 0 aliphatic carbocycles. The van der Waals surface area contributed by atoms with Gasteiger partial charge in [0.15, 0.2) is 11.5 Å². The van der Waals surface area contributed by atoms with Gasteiger partial charge < -0.3 is 19.5 Å². The lowest BCUT2D eigenvalue weighted by atomic mass is 10.1. The van der Waals surface area contributed by atoms with Gasteiger partial charge in [-0.15, -0.1) is 0 Å². The Morgan fingerprint density at radius 2 is 1.81 bits per heavy atom. The van der Waals surface area contributed by atoms with Gasteiger partial charge in [-0.25, -0.2) is 4.79 Å². The molecule has 0 atom stereocenters. The molecule has 1 amide bonds. The van der Waals surface area contributed by atoms with Crippen LogP contribution in [0.5, 0.6) is 11.5 Å². The van der Waals surface area contributed by atoms with Crippen molar-refractivity contribution in [2.75, 3.05) is 19.0 Å². The van der Waals surface area contributed by atoms with Crippen LogP contribution < -0.4 is 14.8 Å². The zero-order chi connectivity index (χ0) is 26.1. The van der Waals surface area contributed by atoms with E-state index >= 15 is 0 Å². The van der Waals surface area contributed by atoms with Gasteiger partial charge in [-0.05, 0) is 95.2 Å². The van der Waals surface area contributed by atoms with Crippen LogP contribution in [0.2, 0.25) is 5.02 Å². The van der Waals surface area contributed by atoms with Gasteiger partial charge in [-0.1, -0.05) is 23.7 Å². The minimum Gasteiger partial charge on any atom is -0.493 e. The smallest absolute Gasteiger partial charge is 0.338 e. The molecule has 7 nitrogen and oxygen atoms in total. The Bertz CT molecular complexity index is 1320. The molecule has 3 rings (SSSR count). The summed E-state index contributed by atoms with van der Waals surface area (Å²) in [5.41, 5.74) is 2.09. The molecule has 0 heterocycles. The first-order valence-electron chi connectivity index (χ1n) is 10.8. The lowest BCUT2D eigenvalue weighted by Crippen LogP contribution is -2.13. The number of esters is 1. The number of methoxy groups -OCH3 is 1. The number of halogens is 2. The number of hydrogen-bond acceptors (Lipinski definition) is 6. The molecule has 0 aliphatic heterocycles. The molecule has 0 saturated heterocycles. The molecule has 0 aliphatic rings. The Balaban J connectivity index is 1.75. The third kappa shape index (κ3) is 7.23. The maximum atomic E-state index is 12.7. The number of amides is 1. The van der Waals surface area contributed by atoms with E-state index in [4.69, 9.17) is 25.8 Å². The molecule has 0 radical (unpaired) electrons. The second-order valence-corrected chi connectivity index (χ2v) is 9.02. The minimum absolute atomic E-state index is 0.143. The number of nitriles is 1. The minimum atomic E-state index is -0.615. The number of benzene rings is 3. The summed E-state index contributed by atoms with van der Waals surface area (Å²) in [5.74, 6) is -0.341. The predicted octanol–water partition coefficient (Wildman–Crippen LogP) is 6.25. The first kappa shape index (κ1) is 27.0. The molecule has 1 N–H and O–H groups in total. The van der Waals surface area contributed by atoms with E-state index < -0.39 is 11.9 Å². The van der Waals surface area contributed by atoms with E-state index in [1.807, 2.05) is 30.3 Å². The van der Waals surface area contributed by atoms with E-state index in [2.05, 4.69) is 27.9 Å². The van der Waals surface area contributed by atoms with Gasteiger partial charge >= 0.3 is 5.97 Å². The largest absolute Gasteiger partial charge is 0.493 e. The van der Waals surface area contributed by atoms with E-state index in [1.165, 1.54) is 25.3 Å². The first-order chi connectivity index (χ1) is 17.3. The van der Waals surface area contributed by atoms with Crippen molar-refractivity contribution in [3.05, 3.63) is 91.5 Å². The monoisotopic (exact) mass is 616 g/mol. The van der Waals surface area contributed by atoms with Gasteiger partial charge in [0.1, 0.15) is 18.2 Å². The van der Waals surface area contributed by atoms with Crippen LogP contribution in [0.4, 0.5) is 5.69 Å². The molecule has 3 aromatic carbocycles. The number of nitrogens with zero attached hydrogens (tertiary/aromatic N) is 1. The molecular formula is C27H22ClIN2O5. The van der Waals surface area contributed by atoms with Crippen molar-refractivity contribution in [1.82, 2.24) is 0 Å². The maximum absolute atomic E-state index is 12.7. The molecule has 184 valence electrons. The summed E-state index contributed by atoms with van der Waals surface area (Å²) in [6.45, 7) is 2.28. The van der Waals surface area contributed by atoms with Gasteiger partial charge in [-0.3, -0.25) is 4.79 Å². The fraction of sp³-hybridized carbons (Fsp3) is 0.148. The Kier molecular flexibility index (Phi) is 9.73. The number of rotatable bonds is 9. The average molecular weight is 617 g/mol. The number of carbonyl (C=O) groups is 2. The Hall–Kier alpha value is -3.55. The predicted molar refractivity (Wildman–Crippen MR) is 146 cm³/mol. The van der Waals surface area contributed by atoms with Gasteiger partial charge in [-0.2, -0.15) is 5.26 Å². The van der Waals surface area contributed by atoms with E-state index in [0.29, 0.717) is 34.9 Å². The second-order valence-electron chi connectivity index (χ2n) is 7.37. The number of hydrogen-bond donors (Lipinski definition) is 1. The van der Waals surface area contributed by atoms with Crippen LogP contribution in [0.1, 0.15) is 28.4 Å². The maximum Gasteiger partial charge on any atom is 0.338 e. The standard InChI is InChI=1S/C27H22ClIN2O5/c1-3-35-27(33)19-6-10-22(11-7-19)31-26(32)20(15-30)12-18-13-23(28)25(24(14-18)34-2)36-16-17-4-8-21(29)9-5-17/h4-14H,3,16H2,1-2H3,(H,31,32)/b20-12+. The summed E-state index contributed by atoms with van der Waals surface area (Å²) >= 11 is 8.68. The van der Waals surface area contributed by atoms with E-state index in [9.17, 15) is 14.9 Å². The summed E-state index contributed by atoms with van der Waals surface area (Å²) in [7, 11) is 1.48. The quantitative estimate of drug-likeness (QED) is 0.132. The molecule has 3 aromatic rings.